The van der Waals surface area contributed by atoms with Crippen LogP contribution in [-0.2, 0) is 11.3 Å². The maximum Gasteiger partial charge on any atom is 0.220 e. The normalized spacial score (nSPS) is 19.8. The topological polar surface area (TPSA) is 108 Å². The highest BCUT2D eigenvalue weighted by Crippen LogP contribution is 2.36. The second-order valence-corrected chi connectivity index (χ2v) is 8.16. The van der Waals surface area contributed by atoms with Crippen molar-refractivity contribution in [3.05, 3.63) is 17.2 Å². The van der Waals surface area contributed by atoms with Crippen molar-refractivity contribution in [2.75, 3.05) is 30.4 Å². The number of ether oxygens (including phenoxy) is 1. The van der Waals surface area contributed by atoms with Gasteiger partial charge in [0.2, 0.25) is 11.2 Å². The fourth-order valence-corrected chi connectivity index (χ4v) is 3.98. The van der Waals surface area contributed by atoms with Crippen molar-refractivity contribution in [2.24, 2.45) is 5.92 Å². The molecule has 2 N–H and O–H groups in total. The Hall–Kier alpha value is -2.52. The highest BCUT2D eigenvalue weighted by molar-refractivity contribution is 6.29. The van der Waals surface area contributed by atoms with E-state index in [1.807, 2.05) is 11.5 Å². The number of nitrogens with two attached hydrogens (primary N) is 1. The lowest BCUT2D eigenvalue weighted by molar-refractivity contribution is 0.0987. The van der Waals surface area contributed by atoms with Gasteiger partial charge in [0, 0.05) is 19.3 Å². The highest BCUT2D eigenvalue weighted by Gasteiger charge is 2.29. The van der Waals surface area contributed by atoms with Gasteiger partial charge in [0.05, 0.1) is 30.5 Å². The molecule has 0 spiro atoms. The number of rotatable bonds is 4. The number of aryl methyl sites for hydroxylation is 1. The molecule has 5 rings (SSSR count). The van der Waals surface area contributed by atoms with Crippen molar-refractivity contribution in [3.8, 4) is 11.4 Å². The fourth-order valence-electron chi connectivity index (χ4n) is 3.75. The lowest BCUT2D eigenvalue weighted by atomic mass is 10.2. The summed E-state index contributed by atoms with van der Waals surface area (Å²) < 4.78 is 7.61. The first-order chi connectivity index (χ1) is 14.0. The van der Waals surface area contributed by atoms with Crippen LogP contribution in [0.1, 0.15) is 25.5 Å². The molecular weight excluding hydrogens is 392 g/mol. The van der Waals surface area contributed by atoms with Crippen LogP contribution in [0.25, 0.3) is 22.6 Å². The molecule has 1 atom stereocenters. The zero-order valence-corrected chi connectivity index (χ0v) is 17.2. The molecule has 3 aromatic heterocycles. The predicted octanol–water partition coefficient (Wildman–Crippen LogP) is 2.46. The maximum absolute atomic E-state index is 6.54. The first-order valence-electron chi connectivity index (χ1n) is 9.89. The summed E-state index contributed by atoms with van der Waals surface area (Å²) in [6, 6.07) is 0.172. The minimum atomic E-state index is 0.172. The van der Waals surface area contributed by atoms with Crippen LogP contribution in [0.2, 0.25) is 5.28 Å². The predicted molar refractivity (Wildman–Crippen MR) is 111 cm³/mol. The summed E-state index contributed by atoms with van der Waals surface area (Å²) in [5.41, 5.74) is 8.69. The number of hydrogen-bond donors (Lipinski definition) is 1. The van der Waals surface area contributed by atoms with E-state index < -0.39 is 0 Å². The molecule has 0 unspecified atom stereocenters. The number of hydrogen-bond acceptors (Lipinski definition) is 8. The smallest absolute Gasteiger partial charge is 0.220 e. The molecule has 9 nitrogen and oxygen atoms in total. The van der Waals surface area contributed by atoms with Crippen molar-refractivity contribution < 1.29 is 4.74 Å². The highest BCUT2D eigenvalue weighted by atomic mass is 35.5. The van der Waals surface area contributed by atoms with Gasteiger partial charge in [0.25, 0.3) is 0 Å². The number of anilines is 2. The Kier molecular flexibility index (Phi) is 4.51. The Morgan fingerprint density at radius 2 is 2.07 bits per heavy atom. The maximum atomic E-state index is 6.54. The third-order valence-electron chi connectivity index (χ3n) is 5.55. The second kappa shape index (κ2) is 7.07. The third-order valence-corrected chi connectivity index (χ3v) is 5.83. The van der Waals surface area contributed by atoms with Crippen molar-refractivity contribution >= 4 is 34.5 Å². The summed E-state index contributed by atoms with van der Waals surface area (Å²) >= 11 is 6.54. The van der Waals surface area contributed by atoms with Crippen LogP contribution in [0.5, 0.6) is 0 Å². The Morgan fingerprint density at radius 1 is 1.24 bits per heavy atom. The molecule has 0 aromatic carbocycles. The molecule has 0 radical (unpaired) electrons. The number of nitrogen functional groups attached to an aromatic ring is 1. The number of imidazole rings is 1. The zero-order chi connectivity index (χ0) is 20.1. The monoisotopic (exact) mass is 414 g/mol. The summed E-state index contributed by atoms with van der Waals surface area (Å²) in [5.74, 6) is 2.19. The zero-order valence-electron chi connectivity index (χ0n) is 16.5. The van der Waals surface area contributed by atoms with E-state index in [2.05, 4.69) is 26.8 Å². The number of morpholine rings is 1. The summed E-state index contributed by atoms with van der Waals surface area (Å²) in [4.78, 5) is 25.0. The second-order valence-electron chi connectivity index (χ2n) is 7.82. The van der Waals surface area contributed by atoms with Crippen LogP contribution >= 0.6 is 11.6 Å². The van der Waals surface area contributed by atoms with Crippen LogP contribution in [0.3, 0.4) is 0 Å². The van der Waals surface area contributed by atoms with Gasteiger partial charge in [-0.2, -0.15) is 0 Å². The minimum absolute atomic E-state index is 0.172. The fraction of sp³-hybridized carbons (Fsp3) is 0.526. The summed E-state index contributed by atoms with van der Waals surface area (Å²) in [5, 5.41) is 0.450. The molecule has 0 amide bonds. The van der Waals surface area contributed by atoms with E-state index in [1.165, 1.54) is 12.8 Å². The van der Waals surface area contributed by atoms with E-state index in [0.717, 1.165) is 41.3 Å². The average Bonchev–Trinajstić information content (AvgIpc) is 3.45. The largest absolute Gasteiger partial charge is 0.377 e. The summed E-state index contributed by atoms with van der Waals surface area (Å²) in [7, 11) is 0. The number of aromatic nitrogens is 6. The molecule has 1 saturated heterocycles. The summed E-state index contributed by atoms with van der Waals surface area (Å²) in [6.45, 7) is 6.84. The van der Waals surface area contributed by atoms with Crippen molar-refractivity contribution in [3.63, 3.8) is 0 Å². The van der Waals surface area contributed by atoms with E-state index >= 15 is 0 Å². The Bertz CT molecular complexity index is 1080. The molecule has 3 aromatic rings. The molecule has 1 aliphatic heterocycles. The van der Waals surface area contributed by atoms with Crippen molar-refractivity contribution in [2.45, 2.75) is 39.3 Å². The molecule has 1 aliphatic carbocycles. The van der Waals surface area contributed by atoms with E-state index in [1.54, 1.807) is 6.20 Å². The Labute approximate surface area is 173 Å². The van der Waals surface area contributed by atoms with Gasteiger partial charge >= 0.3 is 0 Å². The quantitative estimate of drug-likeness (QED) is 0.648. The summed E-state index contributed by atoms with van der Waals surface area (Å²) in [6.07, 6.45) is 4.10. The molecule has 4 heterocycles. The van der Waals surface area contributed by atoms with Gasteiger partial charge in [0.1, 0.15) is 0 Å². The molecule has 2 aliphatic rings. The van der Waals surface area contributed by atoms with E-state index in [4.69, 9.17) is 32.0 Å². The molecule has 152 valence electrons. The van der Waals surface area contributed by atoms with Crippen molar-refractivity contribution in [1.82, 2.24) is 29.5 Å². The molecular formula is C19H23ClN8O. The molecule has 29 heavy (non-hydrogen) atoms. The lowest BCUT2D eigenvalue weighted by Gasteiger charge is -2.34. The first kappa shape index (κ1) is 18.5. The van der Waals surface area contributed by atoms with Gasteiger partial charge in [-0.1, -0.05) is 0 Å². The number of fused-ring (bicyclic) bond motifs is 1. The van der Waals surface area contributed by atoms with Crippen LogP contribution in [0.4, 0.5) is 11.8 Å². The van der Waals surface area contributed by atoms with E-state index in [0.29, 0.717) is 30.2 Å². The van der Waals surface area contributed by atoms with Gasteiger partial charge in [-0.15, -0.1) is 0 Å². The Morgan fingerprint density at radius 3 is 2.79 bits per heavy atom. The van der Waals surface area contributed by atoms with Crippen LogP contribution < -0.4 is 10.6 Å². The number of halogens is 1. The van der Waals surface area contributed by atoms with Crippen LogP contribution in [-0.4, -0.2) is 55.3 Å². The number of nitrogens with zero attached hydrogens (tertiary/aromatic N) is 7. The molecule has 10 heteroatoms. The first-order valence-corrected chi connectivity index (χ1v) is 10.3. The average molecular weight is 415 g/mol. The van der Waals surface area contributed by atoms with Gasteiger partial charge in [-0.3, -0.25) is 4.57 Å². The molecule has 2 fully saturated rings. The minimum Gasteiger partial charge on any atom is -0.377 e. The molecule has 1 saturated carbocycles. The Balaban J connectivity index is 1.72. The van der Waals surface area contributed by atoms with Crippen LogP contribution in [0.15, 0.2) is 6.20 Å². The molecule has 0 bridgehead atoms. The van der Waals surface area contributed by atoms with E-state index in [-0.39, 0.29) is 12.0 Å². The van der Waals surface area contributed by atoms with Gasteiger partial charge < -0.3 is 15.4 Å². The lowest BCUT2D eigenvalue weighted by Crippen LogP contribution is -2.44. The van der Waals surface area contributed by atoms with Crippen LogP contribution in [0, 0.1) is 12.8 Å². The van der Waals surface area contributed by atoms with Crippen molar-refractivity contribution in [1.29, 1.82) is 0 Å². The third kappa shape index (κ3) is 3.38. The van der Waals surface area contributed by atoms with Gasteiger partial charge in [-0.05, 0) is 44.2 Å². The van der Waals surface area contributed by atoms with Gasteiger partial charge in [0.15, 0.2) is 22.8 Å². The standard InChI is InChI=1S/C19H23ClN8O/c1-10-9-29-6-5-27(10)16-14-17(28(18(20)24-14)8-12-3-4-12)26-15(25-16)13-7-22-19(21)23-11(13)2/h7,10,12H,3-6,8-9H2,1-2H3,(H2,21,22,23)/t10-/m0/s1. The van der Waals surface area contributed by atoms with E-state index in [9.17, 15) is 0 Å². The van der Waals surface area contributed by atoms with Gasteiger partial charge in [-0.25, -0.2) is 24.9 Å². The SMILES string of the molecule is Cc1nc(N)ncc1-c1nc(N2CCOC[C@@H]2C)c2nc(Cl)n(CC3CC3)c2n1.